The molecule has 5 heteroatoms. The van der Waals surface area contributed by atoms with Gasteiger partial charge in [-0.3, -0.25) is 9.37 Å². The van der Waals surface area contributed by atoms with Gasteiger partial charge in [-0.25, -0.2) is 4.89 Å². The summed E-state index contributed by atoms with van der Waals surface area (Å²) in [5.74, 6) is -0.109. The minimum Gasteiger partial charge on any atom is -0.465 e. The average Bonchev–Trinajstić information content (AvgIpc) is 2.92. The van der Waals surface area contributed by atoms with Crippen LogP contribution in [0.4, 0.5) is 0 Å². The van der Waals surface area contributed by atoms with Crippen LogP contribution in [0.25, 0.3) is 0 Å². The summed E-state index contributed by atoms with van der Waals surface area (Å²) in [5.41, 5.74) is -0.387. The maximum Gasteiger partial charge on any atom is 0.309 e. The Morgan fingerprint density at radius 3 is 2.32 bits per heavy atom. The van der Waals surface area contributed by atoms with Crippen LogP contribution < -0.4 is 0 Å². The largest absolute Gasteiger partial charge is 0.465 e. The molecule has 0 aromatic rings. The first-order valence-electron chi connectivity index (χ1n) is 8.97. The number of rotatable bonds is 11. The number of esters is 1. The molecule has 1 saturated heterocycles. The van der Waals surface area contributed by atoms with Crippen molar-refractivity contribution in [3.05, 3.63) is 0 Å². The van der Waals surface area contributed by atoms with Crippen molar-refractivity contribution in [2.75, 3.05) is 6.61 Å². The summed E-state index contributed by atoms with van der Waals surface area (Å²) in [6.45, 7) is 11.4. The van der Waals surface area contributed by atoms with E-state index in [1.807, 2.05) is 0 Å². The molecule has 4 nitrogen and oxygen atoms in total. The second-order valence-electron chi connectivity index (χ2n) is 6.82. The third kappa shape index (κ3) is 5.35. The Morgan fingerprint density at radius 1 is 1.23 bits per heavy atom. The van der Waals surface area contributed by atoms with Crippen LogP contribution in [0.5, 0.6) is 0 Å². The summed E-state index contributed by atoms with van der Waals surface area (Å²) < 4.78 is 11.2. The second kappa shape index (κ2) is 9.04. The zero-order valence-corrected chi connectivity index (χ0v) is 16.1. The van der Waals surface area contributed by atoms with Crippen LogP contribution in [0.2, 0.25) is 18.1 Å². The van der Waals surface area contributed by atoms with Gasteiger partial charge in [-0.05, 0) is 44.3 Å². The van der Waals surface area contributed by atoms with Crippen molar-refractivity contribution < 1.29 is 19.0 Å². The van der Waals surface area contributed by atoms with Gasteiger partial charge in [-0.1, -0.05) is 40.5 Å². The Labute approximate surface area is 137 Å². The number of hydrogen-bond donors (Lipinski definition) is 0. The van der Waals surface area contributed by atoms with Gasteiger partial charge >= 0.3 is 5.97 Å². The molecule has 22 heavy (non-hydrogen) atoms. The molecule has 0 bridgehead atoms. The molecule has 0 saturated carbocycles. The first-order valence-corrected chi connectivity index (χ1v) is 11.5. The molecule has 130 valence electrons. The third-order valence-corrected chi connectivity index (χ3v) is 9.44. The molecule has 1 fully saturated rings. The summed E-state index contributed by atoms with van der Waals surface area (Å²) in [6.07, 6.45) is 4.64. The van der Waals surface area contributed by atoms with E-state index in [1.54, 1.807) is 0 Å². The summed E-state index contributed by atoms with van der Waals surface area (Å²) >= 11 is 0. The normalized spacial score (nSPS) is 21.7. The van der Waals surface area contributed by atoms with Gasteiger partial charge in [0.2, 0.25) is 8.32 Å². The van der Waals surface area contributed by atoms with Crippen molar-refractivity contribution in [3.8, 4) is 0 Å². The van der Waals surface area contributed by atoms with Crippen LogP contribution in [0.15, 0.2) is 0 Å². The standard InChI is InChI=1S/C17H34O4Si/c1-6-10-12-17(5,14-15-11-13-19-16(15)18)20-21-22(7-2,8-3)9-4/h15H,6-14H2,1-5H3/t15-,17+/m1/s1. The lowest BCUT2D eigenvalue weighted by molar-refractivity contribution is -0.304. The summed E-state index contributed by atoms with van der Waals surface area (Å²) in [5, 5.41) is 0. The summed E-state index contributed by atoms with van der Waals surface area (Å²) in [7, 11) is -1.78. The lowest BCUT2D eigenvalue weighted by Crippen LogP contribution is -2.42. The van der Waals surface area contributed by atoms with Crippen LogP contribution in [0.1, 0.15) is 66.7 Å². The van der Waals surface area contributed by atoms with Gasteiger partial charge < -0.3 is 4.74 Å². The maximum absolute atomic E-state index is 11.8. The highest BCUT2D eigenvalue weighted by Crippen LogP contribution is 2.34. The van der Waals surface area contributed by atoms with E-state index in [1.165, 1.54) is 0 Å². The lowest BCUT2D eigenvalue weighted by atomic mass is 9.87. The predicted molar refractivity (Wildman–Crippen MR) is 91.0 cm³/mol. The van der Waals surface area contributed by atoms with Gasteiger partial charge in [-0.2, -0.15) is 0 Å². The SMILES string of the molecule is CCCC[C@@](C)(C[C@H]1CCOC1=O)OO[Si](CC)(CC)CC. The Bertz CT molecular complexity index is 335. The minimum absolute atomic E-state index is 0.0357. The highest BCUT2D eigenvalue weighted by atomic mass is 28.4. The zero-order chi connectivity index (χ0) is 16.6. The fraction of sp³-hybridized carbons (Fsp3) is 0.941. The molecule has 0 aliphatic carbocycles. The van der Waals surface area contributed by atoms with Crippen LogP contribution in [-0.2, 0) is 19.0 Å². The van der Waals surface area contributed by atoms with E-state index < -0.39 is 8.32 Å². The molecule has 1 aliphatic heterocycles. The fourth-order valence-electron chi connectivity index (χ4n) is 3.09. The molecule has 2 atom stereocenters. The number of carbonyl (C=O) groups is 1. The first-order chi connectivity index (χ1) is 10.4. The van der Waals surface area contributed by atoms with E-state index in [2.05, 4.69) is 34.6 Å². The number of hydrogen-bond acceptors (Lipinski definition) is 4. The van der Waals surface area contributed by atoms with Gasteiger partial charge in [0.1, 0.15) is 5.60 Å². The monoisotopic (exact) mass is 330 g/mol. The van der Waals surface area contributed by atoms with Gasteiger partial charge in [0, 0.05) is 0 Å². The van der Waals surface area contributed by atoms with Crippen molar-refractivity contribution in [1.82, 2.24) is 0 Å². The highest BCUT2D eigenvalue weighted by Gasteiger charge is 2.39. The van der Waals surface area contributed by atoms with Crippen LogP contribution >= 0.6 is 0 Å². The van der Waals surface area contributed by atoms with Crippen molar-refractivity contribution >= 4 is 14.3 Å². The summed E-state index contributed by atoms with van der Waals surface area (Å²) in [4.78, 5) is 17.8. The molecule has 0 aromatic carbocycles. The van der Waals surface area contributed by atoms with Crippen LogP contribution in [-0.4, -0.2) is 26.5 Å². The van der Waals surface area contributed by atoms with E-state index >= 15 is 0 Å². The van der Waals surface area contributed by atoms with E-state index in [0.717, 1.165) is 43.8 Å². The quantitative estimate of drug-likeness (QED) is 0.235. The molecule has 0 aromatic heterocycles. The number of ether oxygens (including phenoxy) is 1. The molecule has 0 unspecified atom stereocenters. The Kier molecular flexibility index (Phi) is 8.07. The van der Waals surface area contributed by atoms with Gasteiger partial charge in [0.25, 0.3) is 0 Å². The topological polar surface area (TPSA) is 44.8 Å². The zero-order valence-electron chi connectivity index (χ0n) is 15.1. The van der Waals surface area contributed by atoms with Crippen LogP contribution in [0, 0.1) is 5.92 Å². The van der Waals surface area contributed by atoms with Gasteiger partial charge in [0.05, 0.1) is 12.5 Å². The van der Waals surface area contributed by atoms with Crippen molar-refractivity contribution in [2.45, 2.75) is 90.5 Å². The van der Waals surface area contributed by atoms with E-state index in [0.29, 0.717) is 13.0 Å². The van der Waals surface area contributed by atoms with Crippen LogP contribution in [0.3, 0.4) is 0 Å². The molecule has 1 aliphatic rings. The maximum atomic E-state index is 11.8. The Morgan fingerprint density at radius 2 is 1.86 bits per heavy atom. The highest BCUT2D eigenvalue weighted by molar-refractivity contribution is 6.73. The predicted octanol–water partition coefficient (Wildman–Crippen LogP) is 4.84. The first kappa shape index (κ1) is 19.7. The molecule has 0 spiro atoms. The molecule has 1 heterocycles. The second-order valence-corrected chi connectivity index (χ2v) is 11.5. The third-order valence-electron chi connectivity index (χ3n) is 5.13. The van der Waals surface area contributed by atoms with E-state index in [-0.39, 0.29) is 17.5 Å². The van der Waals surface area contributed by atoms with Crippen molar-refractivity contribution in [3.63, 3.8) is 0 Å². The molecular formula is C17H34O4Si. The Balaban J connectivity index is 2.71. The molecular weight excluding hydrogens is 296 g/mol. The number of unbranched alkanes of at least 4 members (excludes halogenated alkanes) is 1. The molecule has 0 amide bonds. The van der Waals surface area contributed by atoms with Crippen molar-refractivity contribution in [1.29, 1.82) is 0 Å². The Hall–Kier alpha value is -0.393. The molecule has 0 N–H and O–H groups in total. The van der Waals surface area contributed by atoms with Gasteiger partial charge in [-0.15, -0.1) is 0 Å². The summed E-state index contributed by atoms with van der Waals surface area (Å²) in [6, 6.07) is 3.19. The van der Waals surface area contributed by atoms with E-state index in [4.69, 9.17) is 14.2 Å². The van der Waals surface area contributed by atoms with Crippen molar-refractivity contribution in [2.24, 2.45) is 5.92 Å². The molecule has 1 rings (SSSR count). The minimum atomic E-state index is -1.78. The van der Waals surface area contributed by atoms with E-state index in [9.17, 15) is 4.79 Å². The fourth-order valence-corrected chi connectivity index (χ4v) is 5.32. The molecule has 0 radical (unpaired) electrons. The number of cyclic esters (lactones) is 1. The average molecular weight is 331 g/mol. The smallest absolute Gasteiger partial charge is 0.309 e. The number of carbonyl (C=O) groups excluding carboxylic acids is 1. The van der Waals surface area contributed by atoms with Gasteiger partial charge in [0.15, 0.2) is 0 Å². The lowest BCUT2D eigenvalue weighted by Gasteiger charge is -2.35.